The van der Waals surface area contributed by atoms with Crippen molar-refractivity contribution in [3.63, 3.8) is 0 Å². The van der Waals surface area contributed by atoms with Crippen LogP contribution in [0.5, 0.6) is 0 Å². The van der Waals surface area contributed by atoms with Crippen LogP contribution in [-0.2, 0) is 12.0 Å². The molecule has 2 rings (SSSR count). The lowest BCUT2D eigenvalue weighted by Crippen LogP contribution is -2.30. The van der Waals surface area contributed by atoms with Gasteiger partial charge in [0, 0.05) is 17.3 Å². The van der Waals surface area contributed by atoms with Crippen molar-refractivity contribution in [2.75, 3.05) is 11.9 Å². The van der Waals surface area contributed by atoms with E-state index >= 15 is 0 Å². The normalized spacial score (nSPS) is 14.3. The Kier molecular flexibility index (Phi) is 5.51. The van der Waals surface area contributed by atoms with Gasteiger partial charge in [-0.05, 0) is 37.1 Å². The summed E-state index contributed by atoms with van der Waals surface area (Å²) >= 11 is 0. The van der Waals surface area contributed by atoms with E-state index < -0.39 is 17.2 Å². The van der Waals surface area contributed by atoms with Gasteiger partial charge in [-0.1, -0.05) is 25.1 Å². The number of nitrogens with two attached hydrogens (primary N) is 1. The number of guanidine groups is 1. The second-order valence-corrected chi connectivity index (χ2v) is 5.78. The second kappa shape index (κ2) is 7.40. The maximum absolute atomic E-state index is 13.8. The zero-order valence-electron chi connectivity index (χ0n) is 13.7. The van der Waals surface area contributed by atoms with Gasteiger partial charge in [-0.2, -0.15) is 0 Å². The third-order valence-electron chi connectivity index (χ3n) is 3.68. The van der Waals surface area contributed by atoms with Crippen LogP contribution in [0, 0.1) is 11.6 Å². The van der Waals surface area contributed by atoms with E-state index in [9.17, 15) is 13.9 Å². The molecule has 6 heteroatoms. The van der Waals surface area contributed by atoms with Crippen molar-refractivity contribution in [1.29, 1.82) is 0 Å². The lowest BCUT2D eigenvalue weighted by Gasteiger charge is -2.22. The number of nitrogens with zero attached hydrogens (tertiary/aromatic N) is 1. The number of aliphatic imine (C=N–C) groups is 1. The van der Waals surface area contributed by atoms with E-state index in [1.54, 1.807) is 0 Å². The first-order valence-corrected chi connectivity index (χ1v) is 7.65. The standard InChI is InChI=1S/C18H21F2N3O/c1-3-12-5-4-6-14(9-12)23-17(21)22-11-18(2,24)15-8-7-13(19)10-16(15)20/h4-10,24H,3,11H2,1-2H3,(H3,21,22,23). The van der Waals surface area contributed by atoms with Gasteiger partial charge in [0.2, 0.25) is 0 Å². The molecule has 0 heterocycles. The topological polar surface area (TPSA) is 70.6 Å². The van der Waals surface area contributed by atoms with Crippen molar-refractivity contribution in [3.05, 3.63) is 65.2 Å². The molecule has 0 radical (unpaired) electrons. The van der Waals surface area contributed by atoms with E-state index in [0.29, 0.717) is 0 Å². The summed E-state index contributed by atoms with van der Waals surface area (Å²) in [6.07, 6.45) is 0.894. The molecular weight excluding hydrogens is 312 g/mol. The molecule has 0 aliphatic rings. The molecule has 0 aromatic heterocycles. The van der Waals surface area contributed by atoms with Crippen molar-refractivity contribution in [2.24, 2.45) is 10.7 Å². The van der Waals surface area contributed by atoms with Gasteiger partial charge < -0.3 is 16.2 Å². The van der Waals surface area contributed by atoms with Gasteiger partial charge in [0.1, 0.15) is 17.2 Å². The lowest BCUT2D eigenvalue weighted by molar-refractivity contribution is 0.0634. The summed E-state index contributed by atoms with van der Waals surface area (Å²) in [4.78, 5) is 4.06. The smallest absolute Gasteiger partial charge is 0.193 e. The number of aliphatic hydroxyl groups is 1. The number of hydrogen-bond donors (Lipinski definition) is 3. The summed E-state index contributed by atoms with van der Waals surface area (Å²) in [6, 6.07) is 10.7. The average Bonchev–Trinajstić information content (AvgIpc) is 2.53. The second-order valence-electron chi connectivity index (χ2n) is 5.78. The molecule has 0 spiro atoms. The minimum absolute atomic E-state index is 0.0339. The zero-order chi connectivity index (χ0) is 17.7. The molecule has 0 bridgehead atoms. The molecule has 0 saturated carbocycles. The molecule has 2 aromatic carbocycles. The first-order chi connectivity index (χ1) is 11.3. The highest BCUT2D eigenvalue weighted by Crippen LogP contribution is 2.24. The molecule has 1 unspecified atom stereocenters. The van der Waals surface area contributed by atoms with Gasteiger partial charge in [0.25, 0.3) is 0 Å². The summed E-state index contributed by atoms with van der Waals surface area (Å²) in [5, 5.41) is 13.3. The number of nitrogens with one attached hydrogen (secondary N) is 1. The number of benzene rings is 2. The largest absolute Gasteiger partial charge is 0.383 e. The number of rotatable bonds is 5. The Morgan fingerprint density at radius 1 is 1.25 bits per heavy atom. The molecule has 1 atom stereocenters. The van der Waals surface area contributed by atoms with E-state index in [0.717, 1.165) is 29.8 Å². The summed E-state index contributed by atoms with van der Waals surface area (Å²) in [6.45, 7) is 3.28. The van der Waals surface area contributed by atoms with Crippen LogP contribution in [0.1, 0.15) is 25.0 Å². The van der Waals surface area contributed by atoms with Crippen LogP contribution in [0.4, 0.5) is 14.5 Å². The number of aryl methyl sites for hydroxylation is 1. The van der Waals surface area contributed by atoms with E-state index in [2.05, 4.69) is 10.3 Å². The summed E-state index contributed by atoms with van der Waals surface area (Å²) < 4.78 is 26.8. The Labute approximate surface area is 140 Å². The third kappa shape index (κ3) is 4.52. The Balaban J connectivity index is 2.09. The van der Waals surface area contributed by atoms with E-state index in [1.807, 2.05) is 31.2 Å². The van der Waals surface area contributed by atoms with Crippen molar-refractivity contribution in [1.82, 2.24) is 0 Å². The minimum Gasteiger partial charge on any atom is -0.383 e. The molecule has 24 heavy (non-hydrogen) atoms. The van der Waals surface area contributed by atoms with Crippen molar-refractivity contribution in [3.8, 4) is 0 Å². The quantitative estimate of drug-likeness (QED) is 0.581. The predicted molar refractivity (Wildman–Crippen MR) is 91.9 cm³/mol. The van der Waals surface area contributed by atoms with Crippen LogP contribution in [0.25, 0.3) is 0 Å². The lowest BCUT2D eigenvalue weighted by atomic mass is 9.95. The predicted octanol–water partition coefficient (Wildman–Crippen LogP) is 3.16. The highest BCUT2D eigenvalue weighted by Gasteiger charge is 2.26. The molecule has 0 aliphatic carbocycles. The molecule has 0 saturated heterocycles. The molecule has 2 aromatic rings. The highest BCUT2D eigenvalue weighted by molar-refractivity contribution is 5.92. The molecule has 0 fully saturated rings. The van der Waals surface area contributed by atoms with Gasteiger partial charge in [-0.3, -0.25) is 0 Å². The van der Waals surface area contributed by atoms with Crippen LogP contribution in [0.15, 0.2) is 47.5 Å². The molecule has 0 amide bonds. The maximum atomic E-state index is 13.8. The van der Waals surface area contributed by atoms with E-state index in [4.69, 9.17) is 5.73 Å². The fraction of sp³-hybridized carbons (Fsp3) is 0.278. The van der Waals surface area contributed by atoms with Gasteiger partial charge in [-0.15, -0.1) is 0 Å². The Morgan fingerprint density at radius 3 is 2.67 bits per heavy atom. The van der Waals surface area contributed by atoms with Gasteiger partial charge in [0.15, 0.2) is 5.96 Å². The molecular formula is C18H21F2N3O. The fourth-order valence-electron chi connectivity index (χ4n) is 2.31. The number of halogens is 2. The highest BCUT2D eigenvalue weighted by atomic mass is 19.1. The van der Waals surface area contributed by atoms with Crippen LogP contribution in [0.3, 0.4) is 0 Å². The van der Waals surface area contributed by atoms with E-state index in [1.165, 1.54) is 13.0 Å². The zero-order valence-corrected chi connectivity index (χ0v) is 13.7. The first kappa shape index (κ1) is 17.9. The third-order valence-corrected chi connectivity index (χ3v) is 3.68. The van der Waals surface area contributed by atoms with E-state index in [-0.39, 0.29) is 18.1 Å². The minimum atomic E-state index is -1.60. The fourth-order valence-corrected chi connectivity index (χ4v) is 2.31. The Morgan fingerprint density at radius 2 is 2.00 bits per heavy atom. The monoisotopic (exact) mass is 333 g/mol. The summed E-state index contributed by atoms with van der Waals surface area (Å²) in [5.41, 5.74) is 6.11. The van der Waals surface area contributed by atoms with Crippen molar-refractivity contribution < 1.29 is 13.9 Å². The first-order valence-electron chi connectivity index (χ1n) is 7.65. The average molecular weight is 333 g/mol. The summed E-state index contributed by atoms with van der Waals surface area (Å²) in [7, 11) is 0. The maximum Gasteiger partial charge on any atom is 0.193 e. The Hall–Kier alpha value is -2.47. The van der Waals surface area contributed by atoms with Gasteiger partial charge in [-0.25, -0.2) is 13.8 Å². The van der Waals surface area contributed by atoms with Crippen molar-refractivity contribution >= 4 is 11.6 Å². The van der Waals surface area contributed by atoms with Gasteiger partial charge in [0.05, 0.1) is 6.54 Å². The van der Waals surface area contributed by atoms with Crippen LogP contribution >= 0.6 is 0 Å². The van der Waals surface area contributed by atoms with Crippen molar-refractivity contribution in [2.45, 2.75) is 25.9 Å². The van der Waals surface area contributed by atoms with Crippen LogP contribution < -0.4 is 11.1 Å². The summed E-state index contributed by atoms with van der Waals surface area (Å²) in [5.74, 6) is -1.42. The SMILES string of the molecule is CCc1cccc(NC(N)=NCC(C)(O)c2ccc(F)cc2F)c1. The van der Waals surface area contributed by atoms with Crippen LogP contribution in [0.2, 0.25) is 0 Å². The van der Waals surface area contributed by atoms with Gasteiger partial charge >= 0.3 is 0 Å². The molecule has 0 aliphatic heterocycles. The molecule has 4 N–H and O–H groups in total. The molecule has 4 nitrogen and oxygen atoms in total. The Bertz CT molecular complexity index is 745. The van der Waals surface area contributed by atoms with Crippen LogP contribution in [-0.4, -0.2) is 17.6 Å². The number of anilines is 1. The number of hydrogen-bond acceptors (Lipinski definition) is 2. The molecule has 128 valence electrons.